The predicted molar refractivity (Wildman–Crippen MR) is 207 cm³/mol. The molecule has 0 aliphatic rings. The van der Waals surface area contributed by atoms with E-state index in [0.717, 1.165) is 37.0 Å². The van der Waals surface area contributed by atoms with Gasteiger partial charge in [0, 0.05) is 11.6 Å². The first-order valence-corrected chi connectivity index (χ1v) is 18.7. The second-order valence-corrected chi connectivity index (χ2v) is 12.9. The van der Waals surface area contributed by atoms with Crippen molar-refractivity contribution in [2.75, 3.05) is 27.5 Å². The molecule has 15 nitrogen and oxygen atoms in total. The summed E-state index contributed by atoms with van der Waals surface area (Å²) in [4.78, 5) is 82.1. The Kier molecular flexibility index (Phi) is 17.1. The number of nitrogens with zero attached hydrogens (tertiary/aromatic N) is 1. The third-order valence-electron chi connectivity index (χ3n) is 9.15. The minimum absolute atomic E-state index is 0.0354. The van der Waals surface area contributed by atoms with Crippen molar-refractivity contribution < 1.29 is 61.0 Å². The first kappa shape index (κ1) is 45.1. The van der Waals surface area contributed by atoms with Gasteiger partial charge in [-0.05, 0) is 67.6 Å². The van der Waals surface area contributed by atoms with Gasteiger partial charge in [0.25, 0.3) is 11.8 Å². The van der Waals surface area contributed by atoms with E-state index in [1.165, 1.54) is 36.4 Å². The number of hydrogen-bond acceptors (Lipinski definition) is 11. The summed E-state index contributed by atoms with van der Waals surface area (Å²) in [5.74, 6) is -5.79. The van der Waals surface area contributed by atoms with Crippen LogP contribution in [0.25, 0.3) is 11.3 Å². The van der Waals surface area contributed by atoms with E-state index in [0.29, 0.717) is 12.0 Å². The lowest BCUT2D eigenvalue weighted by atomic mass is 9.89. The van der Waals surface area contributed by atoms with Crippen molar-refractivity contribution in [3.8, 4) is 17.1 Å². The van der Waals surface area contributed by atoms with Gasteiger partial charge >= 0.3 is 11.9 Å². The van der Waals surface area contributed by atoms with Crippen LogP contribution in [0, 0.1) is 17.6 Å². The Morgan fingerprint density at radius 1 is 0.881 bits per heavy atom. The molecular formula is C42H46F2N4O11. The van der Waals surface area contributed by atoms with Crippen molar-refractivity contribution in [1.29, 1.82) is 0 Å². The summed E-state index contributed by atoms with van der Waals surface area (Å²) in [5, 5.41) is 8.73. The first-order valence-electron chi connectivity index (χ1n) is 18.7. The van der Waals surface area contributed by atoms with Crippen LogP contribution in [0.3, 0.4) is 0 Å². The lowest BCUT2D eigenvalue weighted by molar-refractivity contribution is -0.200. The van der Waals surface area contributed by atoms with Gasteiger partial charge in [-0.25, -0.2) is 18.6 Å². The number of carbonyl (C=O) groups is 6. The molecule has 0 saturated carbocycles. The minimum Gasteiger partial charge on any atom is -0.493 e. The average molecular weight is 821 g/mol. The summed E-state index contributed by atoms with van der Waals surface area (Å²) in [6.07, 6.45) is 0.372. The van der Waals surface area contributed by atoms with Gasteiger partial charge in [0.15, 0.2) is 5.76 Å². The molecule has 0 radical (unpaired) electrons. The number of amides is 4. The van der Waals surface area contributed by atoms with Gasteiger partial charge in [0.2, 0.25) is 12.3 Å². The molecule has 4 aromatic rings. The van der Waals surface area contributed by atoms with Crippen LogP contribution in [-0.2, 0) is 46.5 Å². The number of hydrogen-bond donors (Lipinski definition) is 3. The summed E-state index contributed by atoms with van der Waals surface area (Å²) in [5.41, 5.74) is 1.43. The minimum atomic E-state index is -1.32. The molecular weight excluding hydrogens is 774 g/mol. The van der Waals surface area contributed by atoms with Gasteiger partial charge in [0.1, 0.15) is 35.8 Å². The number of halogens is 2. The zero-order chi connectivity index (χ0) is 42.9. The normalized spacial score (nSPS) is 12.3. The quantitative estimate of drug-likeness (QED) is 0.0424. The van der Waals surface area contributed by atoms with Crippen LogP contribution in [0.5, 0.6) is 5.75 Å². The van der Waals surface area contributed by atoms with Crippen molar-refractivity contribution in [3.63, 3.8) is 0 Å². The Labute approximate surface area is 339 Å². The molecule has 4 rings (SSSR count). The highest BCUT2D eigenvalue weighted by molar-refractivity contribution is 6.00. The van der Waals surface area contributed by atoms with Crippen molar-refractivity contribution in [2.45, 2.75) is 58.2 Å². The van der Waals surface area contributed by atoms with E-state index in [-0.39, 0.29) is 67.5 Å². The van der Waals surface area contributed by atoms with E-state index in [2.05, 4.69) is 20.7 Å². The molecule has 0 aliphatic heterocycles. The molecule has 4 amide bonds. The smallest absolute Gasteiger partial charge is 0.328 e. The topological polar surface area (TPSA) is 192 Å². The summed E-state index contributed by atoms with van der Waals surface area (Å²) in [6.45, 7) is 3.32. The van der Waals surface area contributed by atoms with Gasteiger partial charge in [-0.1, -0.05) is 49.4 Å². The van der Waals surface area contributed by atoms with Crippen molar-refractivity contribution >= 4 is 36.1 Å². The standard InChI is InChI=1S/C42H46F2N4O11/c1-5-34(48(25-49)58-23-26-10-8-7-9-11-26)30(16-13-27-12-15-29(43)21-32(27)44)39(51)45-24-46-41(53)36-19-18-35(59-36)28-14-17-31(37(20-28)57-6-2)40(52)47-33(42(54)56-4)22-38(50)55-3/h7-12,14-15,17-21,25,30,33-34H,5-6,13,16,22-24H2,1-4H3,(H,45,51)(H,46,53)(H,47,52)/t30-,33?,34-/m1/s1. The maximum Gasteiger partial charge on any atom is 0.328 e. The molecule has 0 fully saturated rings. The van der Waals surface area contributed by atoms with Crippen molar-refractivity contribution in [2.24, 2.45) is 5.92 Å². The summed E-state index contributed by atoms with van der Waals surface area (Å²) >= 11 is 0. The lowest BCUT2D eigenvalue weighted by Gasteiger charge is -2.32. The Hall–Kier alpha value is -6.62. The lowest BCUT2D eigenvalue weighted by Crippen LogP contribution is -2.48. The SMILES string of the molecule is CCOc1cc(-c2ccc(C(=O)NCNC(=O)[C@H](CCc3ccc(F)cc3F)[C@@H](CC)N(C=O)OCc3ccccc3)o2)ccc1C(=O)NC(CC(=O)OC)C(=O)OC. The van der Waals surface area contributed by atoms with Gasteiger partial charge < -0.3 is 34.6 Å². The van der Waals surface area contributed by atoms with Crippen LogP contribution >= 0.6 is 0 Å². The fourth-order valence-electron chi connectivity index (χ4n) is 6.11. The van der Waals surface area contributed by atoms with E-state index < -0.39 is 65.7 Å². The van der Waals surface area contributed by atoms with Gasteiger partial charge in [-0.15, -0.1) is 0 Å². The van der Waals surface area contributed by atoms with Gasteiger partial charge in [-0.3, -0.25) is 28.8 Å². The number of hydroxylamine groups is 2. The third-order valence-corrected chi connectivity index (χ3v) is 9.15. The molecule has 3 N–H and O–H groups in total. The Balaban J connectivity index is 1.45. The number of rotatable bonds is 22. The molecule has 59 heavy (non-hydrogen) atoms. The summed E-state index contributed by atoms with van der Waals surface area (Å²) in [6, 6.07) is 17.5. The average Bonchev–Trinajstić information content (AvgIpc) is 3.74. The van der Waals surface area contributed by atoms with E-state index in [4.69, 9.17) is 18.7 Å². The maximum atomic E-state index is 14.6. The Morgan fingerprint density at radius 3 is 2.31 bits per heavy atom. The fourth-order valence-corrected chi connectivity index (χ4v) is 6.11. The Morgan fingerprint density at radius 2 is 1.64 bits per heavy atom. The highest BCUT2D eigenvalue weighted by atomic mass is 19.1. The number of esters is 2. The number of ether oxygens (including phenoxy) is 3. The predicted octanol–water partition coefficient (Wildman–Crippen LogP) is 4.88. The van der Waals surface area contributed by atoms with E-state index in [1.54, 1.807) is 13.8 Å². The van der Waals surface area contributed by atoms with E-state index in [1.807, 2.05) is 30.3 Å². The van der Waals surface area contributed by atoms with Crippen molar-refractivity contribution in [3.05, 3.63) is 113 Å². The number of benzene rings is 3. The van der Waals surface area contributed by atoms with Crippen LogP contribution in [-0.4, -0.2) is 80.7 Å². The zero-order valence-corrected chi connectivity index (χ0v) is 33.0. The van der Waals surface area contributed by atoms with Crippen LogP contribution < -0.4 is 20.7 Å². The Bertz CT molecular complexity index is 2080. The second kappa shape index (κ2) is 22.4. The number of furan rings is 1. The molecule has 3 aromatic carbocycles. The monoisotopic (exact) mass is 820 g/mol. The van der Waals surface area contributed by atoms with Crippen LogP contribution in [0.4, 0.5) is 8.78 Å². The highest BCUT2D eigenvalue weighted by Gasteiger charge is 2.33. The first-order chi connectivity index (χ1) is 28.4. The molecule has 1 heterocycles. The van der Waals surface area contributed by atoms with Crippen LogP contribution in [0.1, 0.15) is 65.1 Å². The third kappa shape index (κ3) is 12.7. The van der Waals surface area contributed by atoms with E-state index in [9.17, 15) is 37.5 Å². The molecule has 0 spiro atoms. The van der Waals surface area contributed by atoms with Gasteiger partial charge in [0.05, 0.1) is 51.4 Å². The molecule has 0 bridgehead atoms. The molecule has 1 aromatic heterocycles. The molecule has 0 aliphatic carbocycles. The molecule has 3 atom stereocenters. The van der Waals surface area contributed by atoms with Crippen LogP contribution in [0.15, 0.2) is 83.3 Å². The maximum absolute atomic E-state index is 14.6. The summed E-state index contributed by atoms with van der Waals surface area (Å²) < 4.78 is 48.9. The number of nitrogens with one attached hydrogen (secondary N) is 3. The number of methoxy groups -OCH3 is 2. The molecule has 314 valence electrons. The van der Waals surface area contributed by atoms with E-state index >= 15 is 0 Å². The molecule has 0 saturated heterocycles. The van der Waals surface area contributed by atoms with Crippen LogP contribution in [0.2, 0.25) is 0 Å². The molecule has 17 heteroatoms. The number of aryl methyl sites for hydroxylation is 1. The largest absolute Gasteiger partial charge is 0.493 e. The highest BCUT2D eigenvalue weighted by Crippen LogP contribution is 2.30. The summed E-state index contributed by atoms with van der Waals surface area (Å²) in [7, 11) is 2.26. The van der Waals surface area contributed by atoms with Gasteiger partial charge in [-0.2, -0.15) is 0 Å². The zero-order valence-electron chi connectivity index (χ0n) is 33.0. The number of carbonyl (C=O) groups excluding carboxylic acids is 6. The van der Waals surface area contributed by atoms with Crippen molar-refractivity contribution in [1.82, 2.24) is 21.0 Å². The molecule has 1 unspecified atom stereocenters. The second-order valence-electron chi connectivity index (χ2n) is 12.9. The fraction of sp³-hybridized carbons (Fsp3) is 0.333.